The Bertz CT molecular complexity index is 554. The van der Waals surface area contributed by atoms with E-state index in [1.165, 1.54) is 18.4 Å². The molecule has 27 heavy (non-hydrogen) atoms. The lowest BCUT2D eigenvalue weighted by molar-refractivity contribution is -0.123. The fourth-order valence-electron chi connectivity index (χ4n) is 4.31. The molecule has 5 nitrogen and oxygen atoms in total. The molecule has 2 fully saturated rings. The van der Waals surface area contributed by atoms with Gasteiger partial charge < -0.3 is 15.4 Å². The quantitative estimate of drug-likeness (QED) is 0.733. The summed E-state index contributed by atoms with van der Waals surface area (Å²) in [7, 11) is 0. The SMILES string of the molecule is CC(CC(=O)NC(Cc1ccccc1)CN1CCOCC1)C1CCNCC1. The largest absolute Gasteiger partial charge is 0.379 e. The number of rotatable bonds is 8. The average Bonchev–Trinajstić information content (AvgIpc) is 2.70. The first-order valence-corrected chi connectivity index (χ1v) is 10.5. The van der Waals surface area contributed by atoms with E-state index in [-0.39, 0.29) is 11.9 Å². The summed E-state index contributed by atoms with van der Waals surface area (Å²) in [6.45, 7) is 8.79. The monoisotopic (exact) mass is 373 g/mol. The van der Waals surface area contributed by atoms with Crippen molar-refractivity contribution in [3.8, 4) is 0 Å². The molecule has 3 rings (SSSR count). The Hall–Kier alpha value is -1.43. The number of carbonyl (C=O) groups excluding carboxylic acids is 1. The highest BCUT2D eigenvalue weighted by molar-refractivity contribution is 5.76. The molecular weight excluding hydrogens is 338 g/mol. The molecule has 0 radical (unpaired) electrons. The van der Waals surface area contributed by atoms with E-state index in [4.69, 9.17) is 4.74 Å². The Kier molecular flexibility index (Phi) is 8.11. The van der Waals surface area contributed by atoms with Crippen LogP contribution in [0.15, 0.2) is 30.3 Å². The summed E-state index contributed by atoms with van der Waals surface area (Å²) in [4.78, 5) is 15.2. The molecule has 0 aliphatic carbocycles. The van der Waals surface area contributed by atoms with E-state index in [1.54, 1.807) is 0 Å². The zero-order valence-corrected chi connectivity index (χ0v) is 16.7. The van der Waals surface area contributed by atoms with Gasteiger partial charge in [-0.15, -0.1) is 0 Å². The smallest absolute Gasteiger partial charge is 0.220 e. The lowest BCUT2D eigenvalue weighted by Gasteiger charge is -2.32. The van der Waals surface area contributed by atoms with Crippen molar-refractivity contribution in [2.75, 3.05) is 45.9 Å². The summed E-state index contributed by atoms with van der Waals surface area (Å²) in [5, 5.41) is 6.76. The number of hydrogen-bond donors (Lipinski definition) is 2. The van der Waals surface area contributed by atoms with Gasteiger partial charge in [0.1, 0.15) is 0 Å². The fraction of sp³-hybridized carbons (Fsp3) is 0.682. The summed E-state index contributed by atoms with van der Waals surface area (Å²) < 4.78 is 5.47. The second kappa shape index (κ2) is 10.8. The number of ether oxygens (including phenoxy) is 1. The maximum atomic E-state index is 12.8. The molecule has 2 atom stereocenters. The van der Waals surface area contributed by atoms with Gasteiger partial charge >= 0.3 is 0 Å². The van der Waals surface area contributed by atoms with Gasteiger partial charge in [-0.05, 0) is 49.8 Å². The molecule has 2 saturated heterocycles. The van der Waals surface area contributed by atoms with Gasteiger partial charge in [-0.25, -0.2) is 0 Å². The number of hydrogen-bond acceptors (Lipinski definition) is 4. The summed E-state index contributed by atoms with van der Waals surface area (Å²) in [5.74, 6) is 1.33. The Morgan fingerprint density at radius 3 is 2.63 bits per heavy atom. The van der Waals surface area contributed by atoms with Crippen molar-refractivity contribution in [3.63, 3.8) is 0 Å². The molecule has 0 bridgehead atoms. The van der Waals surface area contributed by atoms with E-state index in [1.807, 2.05) is 6.07 Å². The van der Waals surface area contributed by atoms with Crippen LogP contribution in [0.2, 0.25) is 0 Å². The molecular formula is C22H35N3O2. The molecule has 2 N–H and O–H groups in total. The van der Waals surface area contributed by atoms with Crippen LogP contribution in [0, 0.1) is 11.8 Å². The predicted molar refractivity (Wildman–Crippen MR) is 109 cm³/mol. The summed E-state index contributed by atoms with van der Waals surface area (Å²) in [5.41, 5.74) is 1.28. The molecule has 2 aliphatic heterocycles. The van der Waals surface area contributed by atoms with Crippen LogP contribution in [0.25, 0.3) is 0 Å². The lowest BCUT2D eigenvalue weighted by Crippen LogP contribution is -2.48. The van der Waals surface area contributed by atoms with Gasteiger partial charge in [0.2, 0.25) is 5.91 Å². The maximum absolute atomic E-state index is 12.8. The van der Waals surface area contributed by atoms with Gasteiger partial charge in [-0.3, -0.25) is 9.69 Å². The number of nitrogens with one attached hydrogen (secondary N) is 2. The minimum atomic E-state index is 0.151. The van der Waals surface area contributed by atoms with Gasteiger partial charge in [0.25, 0.3) is 0 Å². The first-order chi connectivity index (χ1) is 13.2. The van der Waals surface area contributed by atoms with Crippen LogP contribution >= 0.6 is 0 Å². The van der Waals surface area contributed by atoms with E-state index < -0.39 is 0 Å². The van der Waals surface area contributed by atoms with E-state index in [9.17, 15) is 4.79 Å². The summed E-state index contributed by atoms with van der Waals surface area (Å²) in [6, 6.07) is 10.6. The van der Waals surface area contributed by atoms with Crippen molar-refractivity contribution in [3.05, 3.63) is 35.9 Å². The Labute approximate surface area is 163 Å². The van der Waals surface area contributed by atoms with Crippen molar-refractivity contribution in [2.24, 2.45) is 11.8 Å². The highest BCUT2D eigenvalue weighted by Crippen LogP contribution is 2.24. The van der Waals surface area contributed by atoms with Gasteiger partial charge in [-0.2, -0.15) is 0 Å². The van der Waals surface area contributed by atoms with E-state index in [2.05, 4.69) is 46.7 Å². The Morgan fingerprint density at radius 2 is 1.93 bits per heavy atom. The van der Waals surface area contributed by atoms with Crippen LogP contribution in [-0.2, 0) is 16.0 Å². The number of piperidine rings is 1. The standard InChI is InChI=1S/C22H35N3O2/c1-18(20-7-9-23-10-8-20)15-22(26)24-21(16-19-5-3-2-4-6-19)17-25-11-13-27-14-12-25/h2-6,18,20-21,23H,7-17H2,1H3,(H,24,26). The molecule has 150 valence electrons. The van der Waals surface area contributed by atoms with Crippen LogP contribution in [-0.4, -0.2) is 62.8 Å². The van der Waals surface area contributed by atoms with Gasteiger partial charge in [0.05, 0.1) is 13.2 Å². The molecule has 0 saturated carbocycles. The number of carbonyl (C=O) groups is 1. The predicted octanol–water partition coefficient (Wildman–Crippen LogP) is 2.07. The van der Waals surface area contributed by atoms with Crippen molar-refractivity contribution < 1.29 is 9.53 Å². The highest BCUT2D eigenvalue weighted by atomic mass is 16.5. The normalized spacial score (nSPS) is 21.5. The van der Waals surface area contributed by atoms with Crippen molar-refractivity contribution in [2.45, 2.75) is 38.6 Å². The second-order valence-electron chi connectivity index (χ2n) is 8.14. The van der Waals surface area contributed by atoms with Crippen molar-refractivity contribution >= 4 is 5.91 Å². The Balaban J connectivity index is 1.54. The van der Waals surface area contributed by atoms with Gasteiger partial charge in [-0.1, -0.05) is 37.3 Å². The average molecular weight is 374 g/mol. The molecule has 1 aromatic rings. The number of nitrogens with zero attached hydrogens (tertiary/aromatic N) is 1. The molecule has 2 unspecified atom stereocenters. The first-order valence-electron chi connectivity index (χ1n) is 10.5. The maximum Gasteiger partial charge on any atom is 0.220 e. The number of benzene rings is 1. The summed E-state index contributed by atoms with van der Waals surface area (Å²) in [6.07, 6.45) is 3.90. The van der Waals surface area contributed by atoms with E-state index in [0.29, 0.717) is 18.3 Å². The molecule has 1 amide bonds. The number of morpholine rings is 1. The molecule has 5 heteroatoms. The third-order valence-electron chi connectivity index (χ3n) is 5.97. The Morgan fingerprint density at radius 1 is 1.22 bits per heavy atom. The zero-order chi connectivity index (χ0) is 18.9. The molecule has 2 aliphatic rings. The molecule has 2 heterocycles. The zero-order valence-electron chi connectivity index (χ0n) is 16.7. The third-order valence-corrected chi connectivity index (χ3v) is 5.97. The minimum absolute atomic E-state index is 0.151. The van der Waals surface area contributed by atoms with Crippen LogP contribution in [0.1, 0.15) is 31.7 Å². The molecule has 1 aromatic carbocycles. The minimum Gasteiger partial charge on any atom is -0.379 e. The van der Waals surface area contributed by atoms with E-state index >= 15 is 0 Å². The number of amides is 1. The van der Waals surface area contributed by atoms with Gasteiger partial charge in [0.15, 0.2) is 0 Å². The topological polar surface area (TPSA) is 53.6 Å². The van der Waals surface area contributed by atoms with Crippen LogP contribution in [0.4, 0.5) is 0 Å². The van der Waals surface area contributed by atoms with Crippen LogP contribution < -0.4 is 10.6 Å². The first kappa shape index (κ1) is 20.3. The van der Waals surface area contributed by atoms with Crippen molar-refractivity contribution in [1.82, 2.24) is 15.5 Å². The summed E-state index contributed by atoms with van der Waals surface area (Å²) >= 11 is 0. The van der Waals surface area contributed by atoms with Crippen LogP contribution in [0.5, 0.6) is 0 Å². The van der Waals surface area contributed by atoms with Crippen molar-refractivity contribution in [1.29, 1.82) is 0 Å². The van der Waals surface area contributed by atoms with Gasteiger partial charge in [0, 0.05) is 32.1 Å². The third kappa shape index (κ3) is 6.91. The molecule has 0 spiro atoms. The van der Waals surface area contributed by atoms with E-state index in [0.717, 1.165) is 52.4 Å². The highest BCUT2D eigenvalue weighted by Gasteiger charge is 2.24. The van der Waals surface area contributed by atoms with Crippen LogP contribution in [0.3, 0.4) is 0 Å². The fourth-order valence-corrected chi connectivity index (χ4v) is 4.31. The molecule has 0 aromatic heterocycles. The lowest BCUT2D eigenvalue weighted by atomic mass is 9.84. The second-order valence-corrected chi connectivity index (χ2v) is 8.14.